The maximum absolute atomic E-state index is 5.41. The molecule has 0 radical (unpaired) electrons. The van der Waals surface area contributed by atoms with E-state index in [0.717, 1.165) is 27.6 Å². The lowest BCUT2D eigenvalue weighted by molar-refractivity contribution is 0.463. The number of hydrogen-bond acceptors (Lipinski definition) is 4. The fraction of sp³-hybridized carbons (Fsp3) is 0.222. The molecule has 0 saturated carbocycles. The van der Waals surface area contributed by atoms with Crippen LogP contribution in [-0.4, -0.2) is 4.98 Å². The summed E-state index contributed by atoms with van der Waals surface area (Å²) in [4.78, 5) is 4.18. The van der Waals surface area contributed by atoms with Gasteiger partial charge in [0, 0.05) is 18.1 Å². The average Bonchev–Trinajstić information content (AvgIpc) is 2.77. The van der Waals surface area contributed by atoms with Gasteiger partial charge < -0.3 is 9.73 Å². The maximum atomic E-state index is 5.41. The van der Waals surface area contributed by atoms with Crippen molar-refractivity contribution in [2.24, 2.45) is 0 Å². The highest BCUT2D eigenvalue weighted by Crippen LogP contribution is 2.10. The topological polar surface area (TPSA) is 38.1 Å². The first-order valence-corrected chi connectivity index (χ1v) is 6.14. The van der Waals surface area contributed by atoms with Crippen LogP contribution in [0.2, 0.25) is 0 Å². The Labute approximate surface area is 99.7 Å². The van der Waals surface area contributed by atoms with E-state index in [0.29, 0.717) is 0 Å². The van der Waals surface area contributed by atoms with E-state index in [1.807, 2.05) is 23.7 Å². The second kappa shape index (κ2) is 4.90. The Kier molecular flexibility index (Phi) is 3.55. The number of hydrogen-bond donors (Lipinski definition) is 1. The third-order valence-electron chi connectivity index (χ3n) is 1.69. The van der Waals surface area contributed by atoms with Crippen molar-refractivity contribution >= 4 is 33.9 Å². The van der Waals surface area contributed by atoms with Crippen molar-refractivity contribution < 1.29 is 4.42 Å². The summed E-state index contributed by atoms with van der Waals surface area (Å²) in [6.45, 7) is 1.55. The van der Waals surface area contributed by atoms with Gasteiger partial charge in [-0.3, -0.25) is 0 Å². The standard InChI is InChI=1S/C9H9IN2OS/c10-8-2-1-7(13-8)5-11-6-9-12-3-4-14-9/h1-4,11H,5-6H2. The number of nitrogens with zero attached hydrogens (tertiary/aromatic N) is 1. The Morgan fingerprint density at radius 2 is 2.36 bits per heavy atom. The molecule has 2 rings (SSSR count). The van der Waals surface area contributed by atoms with E-state index in [2.05, 4.69) is 32.9 Å². The zero-order valence-electron chi connectivity index (χ0n) is 7.37. The lowest BCUT2D eigenvalue weighted by Crippen LogP contribution is -2.11. The van der Waals surface area contributed by atoms with Crippen LogP contribution >= 0.6 is 33.9 Å². The molecule has 2 aromatic heterocycles. The van der Waals surface area contributed by atoms with Crippen LogP contribution in [0.4, 0.5) is 0 Å². The van der Waals surface area contributed by atoms with Gasteiger partial charge >= 0.3 is 0 Å². The van der Waals surface area contributed by atoms with E-state index in [4.69, 9.17) is 4.42 Å². The van der Waals surface area contributed by atoms with Gasteiger partial charge in [-0.2, -0.15) is 0 Å². The van der Waals surface area contributed by atoms with Gasteiger partial charge in [0.25, 0.3) is 0 Å². The SMILES string of the molecule is Ic1ccc(CNCc2nccs2)o1. The van der Waals surface area contributed by atoms with Gasteiger partial charge in [0.2, 0.25) is 0 Å². The highest BCUT2D eigenvalue weighted by atomic mass is 127. The summed E-state index contributed by atoms with van der Waals surface area (Å²) in [5, 5.41) is 6.35. The Balaban J connectivity index is 1.78. The van der Waals surface area contributed by atoms with Crippen LogP contribution in [0.1, 0.15) is 10.8 Å². The summed E-state index contributed by atoms with van der Waals surface area (Å²) >= 11 is 3.82. The minimum Gasteiger partial charge on any atom is -0.454 e. The number of rotatable bonds is 4. The van der Waals surface area contributed by atoms with Gasteiger partial charge in [-0.05, 0) is 34.7 Å². The molecule has 0 bridgehead atoms. The predicted molar refractivity (Wildman–Crippen MR) is 64.1 cm³/mol. The molecule has 0 atom stereocenters. The number of halogens is 1. The van der Waals surface area contributed by atoms with E-state index in [9.17, 15) is 0 Å². The largest absolute Gasteiger partial charge is 0.454 e. The second-order valence-corrected chi connectivity index (χ2v) is 4.78. The lowest BCUT2D eigenvalue weighted by atomic mass is 10.4. The van der Waals surface area contributed by atoms with E-state index >= 15 is 0 Å². The Morgan fingerprint density at radius 1 is 1.43 bits per heavy atom. The van der Waals surface area contributed by atoms with Gasteiger partial charge in [-0.1, -0.05) is 0 Å². The number of furan rings is 1. The predicted octanol–water partition coefficient (Wildman–Crippen LogP) is 2.63. The Hall–Kier alpha value is -0.400. The molecule has 5 heteroatoms. The van der Waals surface area contributed by atoms with Crippen LogP contribution in [0.5, 0.6) is 0 Å². The molecule has 74 valence electrons. The van der Waals surface area contributed by atoms with Crippen LogP contribution in [-0.2, 0) is 13.1 Å². The third-order valence-corrected chi connectivity index (χ3v) is 3.05. The maximum Gasteiger partial charge on any atom is 0.164 e. The molecular weight excluding hydrogens is 311 g/mol. The summed E-state index contributed by atoms with van der Waals surface area (Å²) in [6.07, 6.45) is 1.82. The van der Waals surface area contributed by atoms with E-state index in [-0.39, 0.29) is 0 Å². The molecule has 3 nitrogen and oxygen atoms in total. The first-order chi connectivity index (χ1) is 6.84. The van der Waals surface area contributed by atoms with Crippen LogP contribution in [0.15, 0.2) is 28.1 Å². The fourth-order valence-electron chi connectivity index (χ4n) is 1.08. The van der Waals surface area contributed by atoms with E-state index < -0.39 is 0 Å². The Morgan fingerprint density at radius 3 is 3.00 bits per heavy atom. The number of nitrogens with one attached hydrogen (secondary N) is 1. The summed E-state index contributed by atoms with van der Waals surface area (Å²) < 4.78 is 6.33. The van der Waals surface area contributed by atoms with Crippen molar-refractivity contribution in [3.63, 3.8) is 0 Å². The van der Waals surface area contributed by atoms with Crippen molar-refractivity contribution in [3.05, 3.63) is 38.2 Å². The summed E-state index contributed by atoms with van der Waals surface area (Å²) in [6, 6.07) is 3.94. The average molecular weight is 320 g/mol. The fourth-order valence-corrected chi connectivity index (χ4v) is 2.13. The monoisotopic (exact) mass is 320 g/mol. The van der Waals surface area contributed by atoms with Crippen LogP contribution < -0.4 is 5.32 Å². The molecule has 0 spiro atoms. The molecule has 0 saturated heterocycles. The Bertz CT molecular complexity index is 385. The molecule has 0 unspecified atom stereocenters. The number of thiazole rings is 1. The van der Waals surface area contributed by atoms with E-state index in [1.165, 1.54) is 0 Å². The zero-order valence-corrected chi connectivity index (χ0v) is 10.3. The molecule has 0 aromatic carbocycles. The molecule has 0 amide bonds. The second-order valence-electron chi connectivity index (χ2n) is 2.74. The van der Waals surface area contributed by atoms with Crippen molar-refractivity contribution in [3.8, 4) is 0 Å². The highest BCUT2D eigenvalue weighted by Gasteiger charge is 1.99. The number of aromatic nitrogens is 1. The molecule has 0 fully saturated rings. The zero-order chi connectivity index (χ0) is 9.80. The van der Waals surface area contributed by atoms with Gasteiger partial charge in [-0.25, -0.2) is 4.98 Å². The molecule has 0 aliphatic heterocycles. The van der Waals surface area contributed by atoms with Crippen molar-refractivity contribution in [2.75, 3.05) is 0 Å². The molecule has 0 aliphatic rings. The molecule has 2 heterocycles. The third kappa shape index (κ3) is 2.79. The summed E-state index contributed by atoms with van der Waals surface area (Å²) in [5.41, 5.74) is 0. The van der Waals surface area contributed by atoms with Gasteiger partial charge in [0.15, 0.2) is 3.77 Å². The van der Waals surface area contributed by atoms with Crippen LogP contribution in [0.25, 0.3) is 0 Å². The molecule has 1 N–H and O–H groups in total. The molecule has 14 heavy (non-hydrogen) atoms. The summed E-state index contributed by atoms with van der Waals surface area (Å²) in [5.74, 6) is 0.964. The quantitative estimate of drug-likeness (QED) is 0.880. The normalized spacial score (nSPS) is 10.6. The van der Waals surface area contributed by atoms with Gasteiger partial charge in [0.05, 0.1) is 6.54 Å². The molecule has 0 aliphatic carbocycles. The van der Waals surface area contributed by atoms with Crippen LogP contribution in [0.3, 0.4) is 0 Å². The van der Waals surface area contributed by atoms with Crippen LogP contribution in [0, 0.1) is 3.77 Å². The lowest BCUT2D eigenvalue weighted by Gasteiger charge is -1.98. The minimum atomic E-state index is 0.753. The van der Waals surface area contributed by atoms with Crippen molar-refractivity contribution in [2.45, 2.75) is 13.1 Å². The first kappa shape index (κ1) is 10.1. The van der Waals surface area contributed by atoms with Gasteiger partial charge in [0.1, 0.15) is 10.8 Å². The summed E-state index contributed by atoms with van der Waals surface area (Å²) in [7, 11) is 0. The van der Waals surface area contributed by atoms with Gasteiger partial charge in [-0.15, -0.1) is 11.3 Å². The smallest absolute Gasteiger partial charge is 0.164 e. The molecular formula is C9H9IN2OS. The van der Waals surface area contributed by atoms with Crippen molar-refractivity contribution in [1.82, 2.24) is 10.3 Å². The van der Waals surface area contributed by atoms with Crippen molar-refractivity contribution in [1.29, 1.82) is 0 Å². The highest BCUT2D eigenvalue weighted by molar-refractivity contribution is 14.1. The first-order valence-electron chi connectivity index (χ1n) is 4.18. The minimum absolute atomic E-state index is 0.753. The van der Waals surface area contributed by atoms with E-state index in [1.54, 1.807) is 11.3 Å². The molecule has 2 aromatic rings.